The first kappa shape index (κ1) is 13.3. The molecule has 0 aromatic carbocycles. The molecular formula is C10H15ClN2O2S2. The highest BCUT2D eigenvalue weighted by Gasteiger charge is 2.33. The van der Waals surface area contributed by atoms with Crippen molar-refractivity contribution in [2.45, 2.75) is 17.2 Å². The molecular weight excluding hydrogens is 280 g/mol. The molecule has 0 N–H and O–H groups in total. The molecule has 4 nitrogen and oxygen atoms in total. The number of thiophene rings is 1. The Morgan fingerprint density at radius 1 is 1.41 bits per heavy atom. The molecule has 1 unspecified atom stereocenters. The lowest BCUT2D eigenvalue weighted by Crippen LogP contribution is -2.52. The Labute approximate surface area is 111 Å². The third-order valence-corrected chi connectivity index (χ3v) is 6.59. The lowest BCUT2D eigenvalue weighted by atomic mass is 10.2. The predicted octanol–water partition coefficient (Wildman–Crippen LogP) is 1.73. The van der Waals surface area contributed by atoms with Gasteiger partial charge in [-0.1, -0.05) is 11.6 Å². The maximum atomic E-state index is 12.4. The first-order valence-electron chi connectivity index (χ1n) is 5.37. The van der Waals surface area contributed by atoms with Gasteiger partial charge >= 0.3 is 0 Å². The molecule has 1 aliphatic heterocycles. The standard InChI is InChI=1S/C10H15ClN2O2S2/c1-8-7-12(2)5-6-13(8)17(14,15)10-4-3-9(11)16-10/h3-4,8H,5-7H2,1-2H3. The molecule has 0 bridgehead atoms. The van der Waals surface area contributed by atoms with Gasteiger partial charge in [0.05, 0.1) is 4.34 Å². The highest BCUT2D eigenvalue weighted by atomic mass is 35.5. The zero-order chi connectivity index (χ0) is 12.6. The van der Waals surface area contributed by atoms with Crippen LogP contribution in [0.3, 0.4) is 0 Å². The van der Waals surface area contributed by atoms with Crippen molar-refractivity contribution in [3.63, 3.8) is 0 Å². The van der Waals surface area contributed by atoms with Gasteiger partial charge in [0.2, 0.25) is 0 Å². The highest BCUT2D eigenvalue weighted by Crippen LogP contribution is 2.29. The van der Waals surface area contributed by atoms with Crippen LogP contribution in [-0.2, 0) is 10.0 Å². The molecule has 0 amide bonds. The van der Waals surface area contributed by atoms with E-state index in [9.17, 15) is 8.42 Å². The van der Waals surface area contributed by atoms with E-state index in [1.54, 1.807) is 16.4 Å². The number of rotatable bonds is 2. The van der Waals surface area contributed by atoms with E-state index in [1.807, 2.05) is 14.0 Å². The van der Waals surface area contributed by atoms with Crippen LogP contribution in [0.4, 0.5) is 0 Å². The summed E-state index contributed by atoms with van der Waals surface area (Å²) in [7, 11) is -1.37. The van der Waals surface area contributed by atoms with E-state index >= 15 is 0 Å². The zero-order valence-corrected chi connectivity index (χ0v) is 12.1. The first-order valence-corrected chi connectivity index (χ1v) is 8.00. The van der Waals surface area contributed by atoms with Crippen LogP contribution >= 0.6 is 22.9 Å². The summed E-state index contributed by atoms with van der Waals surface area (Å²) in [6.45, 7) is 4.00. The van der Waals surface area contributed by atoms with E-state index in [1.165, 1.54) is 0 Å². The Balaban J connectivity index is 2.27. The summed E-state index contributed by atoms with van der Waals surface area (Å²) in [4.78, 5) is 2.14. The molecule has 0 saturated carbocycles. The van der Waals surface area contributed by atoms with Crippen molar-refractivity contribution in [1.29, 1.82) is 0 Å². The van der Waals surface area contributed by atoms with E-state index in [4.69, 9.17) is 11.6 Å². The van der Waals surface area contributed by atoms with Crippen LogP contribution in [0.1, 0.15) is 6.92 Å². The summed E-state index contributed by atoms with van der Waals surface area (Å²) in [5, 5.41) is 0. The summed E-state index contributed by atoms with van der Waals surface area (Å²) < 4.78 is 27.2. The van der Waals surface area contributed by atoms with Crippen LogP contribution in [0.5, 0.6) is 0 Å². The van der Waals surface area contributed by atoms with Crippen molar-refractivity contribution in [2.24, 2.45) is 0 Å². The van der Waals surface area contributed by atoms with Gasteiger partial charge in [-0.05, 0) is 26.1 Å². The van der Waals surface area contributed by atoms with Gasteiger partial charge in [0, 0.05) is 25.7 Å². The van der Waals surface area contributed by atoms with Crippen LogP contribution in [0, 0.1) is 0 Å². The second-order valence-corrected chi connectivity index (χ2v) is 8.12. The summed E-state index contributed by atoms with van der Waals surface area (Å²) in [5.41, 5.74) is 0. The van der Waals surface area contributed by atoms with E-state index in [0.29, 0.717) is 15.1 Å². The van der Waals surface area contributed by atoms with Crippen molar-refractivity contribution in [2.75, 3.05) is 26.7 Å². The van der Waals surface area contributed by atoms with Crippen molar-refractivity contribution in [3.05, 3.63) is 16.5 Å². The normalized spacial score (nSPS) is 24.1. The highest BCUT2D eigenvalue weighted by molar-refractivity contribution is 7.91. The van der Waals surface area contributed by atoms with Crippen LogP contribution in [0.25, 0.3) is 0 Å². The van der Waals surface area contributed by atoms with E-state index in [-0.39, 0.29) is 6.04 Å². The minimum atomic E-state index is -3.37. The van der Waals surface area contributed by atoms with E-state index in [0.717, 1.165) is 24.4 Å². The van der Waals surface area contributed by atoms with Crippen LogP contribution in [-0.4, -0.2) is 50.3 Å². The minimum Gasteiger partial charge on any atom is -0.303 e. The quantitative estimate of drug-likeness (QED) is 0.834. The molecule has 1 aliphatic rings. The SMILES string of the molecule is CC1CN(C)CCN1S(=O)(=O)c1ccc(Cl)s1. The summed E-state index contributed by atoms with van der Waals surface area (Å²) in [6.07, 6.45) is 0. The van der Waals surface area contributed by atoms with Crippen molar-refractivity contribution >= 4 is 33.0 Å². The van der Waals surface area contributed by atoms with Crippen LogP contribution in [0.2, 0.25) is 4.34 Å². The molecule has 17 heavy (non-hydrogen) atoms. The predicted molar refractivity (Wildman–Crippen MR) is 70.2 cm³/mol. The van der Waals surface area contributed by atoms with Gasteiger partial charge in [-0.3, -0.25) is 0 Å². The Kier molecular flexibility index (Phi) is 3.80. The average molecular weight is 295 g/mol. The van der Waals surface area contributed by atoms with Crippen LogP contribution < -0.4 is 0 Å². The molecule has 7 heteroatoms. The molecule has 1 fully saturated rings. The molecule has 1 aromatic heterocycles. The Morgan fingerprint density at radius 2 is 2.12 bits per heavy atom. The van der Waals surface area contributed by atoms with Gasteiger partial charge in [-0.2, -0.15) is 4.31 Å². The Bertz CT molecular complexity index is 500. The average Bonchev–Trinajstić information content (AvgIpc) is 2.64. The second kappa shape index (κ2) is 4.85. The van der Waals surface area contributed by atoms with Gasteiger partial charge in [-0.25, -0.2) is 8.42 Å². The molecule has 96 valence electrons. The molecule has 2 rings (SSSR count). The fourth-order valence-electron chi connectivity index (χ4n) is 2.03. The van der Waals surface area contributed by atoms with Gasteiger partial charge < -0.3 is 4.90 Å². The lowest BCUT2D eigenvalue weighted by Gasteiger charge is -2.36. The number of piperazine rings is 1. The van der Waals surface area contributed by atoms with Gasteiger partial charge in [0.1, 0.15) is 4.21 Å². The topological polar surface area (TPSA) is 40.6 Å². The van der Waals surface area contributed by atoms with Crippen molar-refractivity contribution < 1.29 is 8.42 Å². The molecule has 0 spiro atoms. The molecule has 0 radical (unpaired) electrons. The molecule has 1 aromatic rings. The number of hydrogen-bond acceptors (Lipinski definition) is 4. The summed E-state index contributed by atoms with van der Waals surface area (Å²) in [5.74, 6) is 0. The largest absolute Gasteiger partial charge is 0.303 e. The maximum Gasteiger partial charge on any atom is 0.252 e. The van der Waals surface area contributed by atoms with Gasteiger partial charge in [-0.15, -0.1) is 11.3 Å². The lowest BCUT2D eigenvalue weighted by molar-refractivity contribution is 0.170. The second-order valence-electron chi connectivity index (χ2n) is 4.29. The van der Waals surface area contributed by atoms with Crippen molar-refractivity contribution in [3.8, 4) is 0 Å². The first-order chi connectivity index (χ1) is 7.91. The molecule has 1 atom stereocenters. The zero-order valence-electron chi connectivity index (χ0n) is 9.76. The number of likely N-dealkylation sites (N-methyl/N-ethyl adjacent to an activating group) is 1. The van der Waals surface area contributed by atoms with E-state index < -0.39 is 10.0 Å². The minimum absolute atomic E-state index is 0.000347. The third-order valence-electron chi connectivity index (χ3n) is 2.88. The third kappa shape index (κ3) is 2.66. The summed E-state index contributed by atoms with van der Waals surface area (Å²) in [6, 6.07) is 3.20. The number of nitrogens with zero attached hydrogens (tertiary/aromatic N) is 2. The molecule has 1 saturated heterocycles. The number of halogens is 1. The summed E-state index contributed by atoms with van der Waals surface area (Å²) >= 11 is 6.91. The smallest absolute Gasteiger partial charge is 0.252 e. The fraction of sp³-hybridized carbons (Fsp3) is 0.600. The monoisotopic (exact) mass is 294 g/mol. The van der Waals surface area contributed by atoms with Crippen LogP contribution in [0.15, 0.2) is 16.3 Å². The number of hydrogen-bond donors (Lipinski definition) is 0. The van der Waals surface area contributed by atoms with E-state index in [2.05, 4.69) is 4.90 Å². The van der Waals surface area contributed by atoms with Crippen molar-refractivity contribution in [1.82, 2.24) is 9.21 Å². The Hall–Kier alpha value is -0.140. The fourth-order valence-corrected chi connectivity index (χ4v) is 5.26. The number of sulfonamides is 1. The van der Waals surface area contributed by atoms with Gasteiger partial charge in [0.15, 0.2) is 0 Å². The molecule has 2 heterocycles. The maximum absolute atomic E-state index is 12.4. The Morgan fingerprint density at radius 3 is 2.65 bits per heavy atom. The molecule has 0 aliphatic carbocycles. The van der Waals surface area contributed by atoms with Gasteiger partial charge in [0.25, 0.3) is 10.0 Å².